The molecule has 1 aliphatic carbocycles. The molecule has 0 heterocycles. The first kappa shape index (κ1) is 27.1. The maximum atomic E-state index is 6.74. The van der Waals surface area contributed by atoms with E-state index in [1.165, 1.54) is 44.1 Å². The predicted octanol–water partition coefficient (Wildman–Crippen LogP) is 7.41. The molecule has 1 aliphatic rings. The highest BCUT2D eigenvalue weighted by Gasteiger charge is 2.45. The van der Waals surface area contributed by atoms with Gasteiger partial charge in [0.15, 0.2) is 16.6 Å². The number of rotatable bonds is 14. The molecule has 0 aromatic heterocycles. The highest BCUT2D eigenvalue weighted by molar-refractivity contribution is 6.70. The van der Waals surface area contributed by atoms with Gasteiger partial charge in [-0.15, -0.1) is 0 Å². The minimum Gasteiger partial charge on any atom is -0.414 e. The fourth-order valence-electron chi connectivity index (χ4n) is 4.56. The van der Waals surface area contributed by atoms with Crippen LogP contribution in [0.15, 0.2) is 11.6 Å². The van der Waals surface area contributed by atoms with Gasteiger partial charge in [0.25, 0.3) is 0 Å². The second-order valence-corrected chi connectivity index (χ2v) is 20.1. The fourth-order valence-corrected chi connectivity index (χ4v) is 6.92. The first-order valence-electron chi connectivity index (χ1n) is 11.9. The molecule has 0 bridgehead atoms. The van der Waals surface area contributed by atoms with Crippen molar-refractivity contribution in [2.24, 2.45) is 11.8 Å². The first-order chi connectivity index (χ1) is 13.4. The zero-order valence-electron chi connectivity index (χ0n) is 21.0. The summed E-state index contributed by atoms with van der Waals surface area (Å²) in [6.45, 7) is 19.3. The molecule has 4 atom stereocenters. The highest BCUT2D eigenvalue weighted by Crippen LogP contribution is 2.43. The lowest BCUT2D eigenvalue weighted by molar-refractivity contribution is 0.122. The van der Waals surface area contributed by atoms with Crippen molar-refractivity contribution in [1.29, 1.82) is 0 Å². The third-order valence-electron chi connectivity index (χ3n) is 5.66. The Morgan fingerprint density at radius 1 is 0.793 bits per heavy atom. The van der Waals surface area contributed by atoms with Gasteiger partial charge in [0, 0.05) is 13.7 Å². The van der Waals surface area contributed by atoms with Gasteiger partial charge >= 0.3 is 0 Å². The summed E-state index contributed by atoms with van der Waals surface area (Å²) in [6, 6.07) is 0. The second kappa shape index (κ2) is 12.8. The van der Waals surface area contributed by atoms with E-state index in [0.717, 1.165) is 19.4 Å². The van der Waals surface area contributed by atoms with E-state index >= 15 is 0 Å². The van der Waals surface area contributed by atoms with Gasteiger partial charge in [0.1, 0.15) is 0 Å². The normalized spacial score (nSPS) is 25.4. The Labute approximate surface area is 184 Å². The number of methoxy groups -OCH3 is 1. The number of allylic oxidation sites excluding steroid dienone is 2. The van der Waals surface area contributed by atoms with Crippen LogP contribution in [0.2, 0.25) is 39.3 Å². The third kappa shape index (κ3) is 11.9. The van der Waals surface area contributed by atoms with Crippen LogP contribution in [0.1, 0.15) is 65.2 Å². The Kier molecular flexibility index (Phi) is 12.0. The summed E-state index contributed by atoms with van der Waals surface area (Å²) in [4.78, 5) is 0. The van der Waals surface area contributed by atoms with Crippen LogP contribution in [-0.4, -0.2) is 42.6 Å². The van der Waals surface area contributed by atoms with Gasteiger partial charge in [0.05, 0.1) is 12.2 Å². The van der Waals surface area contributed by atoms with Crippen LogP contribution < -0.4 is 0 Å². The summed E-state index contributed by atoms with van der Waals surface area (Å²) in [5.74, 6) is 1.24. The van der Waals surface area contributed by atoms with Crippen molar-refractivity contribution in [3.63, 3.8) is 0 Å². The maximum Gasteiger partial charge on any atom is 0.184 e. The van der Waals surface area contributed by atoms with Gasteiger partial charge in [0.2, 0.25) is 0 Å². The Bertz CT molecular complexity index is 475. The fraction of sp³-hybridized carbons (Fsp3) is 0.917. The standard InChI is InChI=1S/C24H50O3Si2/c1-20(2)16-17-22-21(15-13-11-10-12-14-18-25-3)23(26-28(4,5)6)19-24(22)27-29(7,8)9/h16,21-24H,10-15,17-19H2,1-9H3/t21-,22+,23-,24+/m0/s1. The van der Waals surface area contributed by atoms with Crippen LogP contribution in [0.3, 0.4) is 0 Å². The Morgan fingerprint density at radius 3 is 1.83 bits per heavy atom. The average Bonchev–Trinajstić information content (AvgIpc) is 2.84. The highest BCUT2D eigenvalue weighted by atomic mass is 28.4. The molecule has 1 saturated carbocycles. The lowest BCUT2D eigenvalue weighted by Gasteiger charge is -2.31. The molecule has 0 spiro atoms. The van der Waals surface area contributed by atoms with Crippen LogP contribution in [-0.2, 0) is 13.6 Å². The largest absolute Gasteiger partial charge is 0.414 e. The van der Waals surface area contributed by atoms with E-state index in [1.54, 1.807) is 7.11 Å². The van der Waals surface area contributed by atoms with Crippen molar-refractivity contribution in [2.45, 2.75) is 117 Å². The van der Waals surface area contributed by atoms with E-state index in [1.807, 2.05) is 0 Å². The van der Waals surface area contributed by atoms with Gasteiger partial charge in [-0.1, -0.05) is 37.3 Å². The van der Waals surface area contributed by atoms with Crippen molar-refractivity contribution in [1.82, 2.24) is 0 Å². The maximum absolute atomic E-state index is 6.74. The smallest absolute Gasteiger partial charge is 0.184 e. The molecule has 0 aromatic carbocycles. The topological polar surface area (TPSA) is 27.7 Å². The molecule has 0 unspecified atom stereocenters. The van der Waals surface area contributed by atoms with Crippen molar-refractivity contribution >= 4 is 16.6 Å². The van der Waals surface area contributed by atoms with Crippen LogP contribution in [0.5, 0.6) is 0 Å². The van der Waals surface area contributed by atoms with Crippen LogP contribution in [0, 0.1) is 11.8 Å². The van der Waals surface area contributed by atoms with E-state index in [-0.39, 0.29) is 0 Å². The molecular weight excluding hydrogens is 392 g/mol. The molecule has 0 aliphatic heterocycles. The molecular formula is C24H50O3Si2. The summed E-state index contributed by atoms with van der Waals surface area (Å²) in [6.07, 6.45) is 13.1. The summed E-state index contributed by atoms with van der Waals surface area (Å²) in [7, 11) is -1.35. The molecule has 0 amide bonds. The summed E-state index contributed by atoms with van der Waals surface area (Å²) in [5.41, 5.74) is 1.42. The zero-order valence-corrected chi connectivity index (χ0v) is 23.0. The quantitative estimate of drug-likeness (QED) is 0.159. The van der Waals surface area contributed by atoms with Gasteiger partial charge in [-0.2, -0.15) is 0 Å². The van der Waals surface area contributed by atoms with Gasteiger partial charge < -0.3 is 13.6 Å². The minimum atomic E-state index is -1.57. The molecule has 5 heteroatoms. The van der Waals surface area contributed by atoms with Gasteiger partial charge in [-0.05, 0) is 90.6 Å². The predicted molar refractivity (Wildman–Crippen MR) is 132 cm³/mol. The number of hydrogen-bond donors (Lipinski definition) is 0. The molecule has 172 valence electrons. The zero-order chi connectivity index (χ0) is 22.1. The lowest BCUT2D eigenvalue weighted by atomic mass is 9.86. The molecule has 1 rings (SSSR count). The summed E-state index contributed by atoms with van der Waals surface area (Å²) < 4.78 is 18.6. The second-order valence-electron chi connectivity index (χ2n) is 11.2. The van der Waals surface area contributed by atoms with Crippen molar-refractivity contribution in [2.75, 3.05) is 13.7 Å². The molecule has 3 nitrogen and oxygen atoms in total. The van der Waals surface area contributed by atoms with E-state index in [9.17, 15) is 0 Å². The van der Waals surface area contributed by atoms with E-state index < -0.39 is 16.6 Å². The summed E-state index contributed by atoms with van der Waals surface area (Å²) in [5, 5.41) is 0. The van der Waals surface area contributed by atoms with E-state index in [4.69, 9.17) is 13.6 Å². The molecule has 0 saturated heterocycles. The van der Waals surface area contributed by atoms with Crippen molar-refractivity contribution < 1.29 is 13.6 Å². The van der Waals surface area contributed by atoms with Crippen LogP contribution >= 0.6 is 0 Å². The summed E-state index contributed by atoms with van der Waals surface area (Å²) >= 11 is 0. The third-order valence-corrected chi connectivity index (χ3v) is 7.68. The van der Waals surface area contributed by atoms with Crippen molar-refractivity contribution in [3.05, 3.63) is 11.6 Å². The molecule has 0 radical (unpaired) electrons. The number of hydrogen-bond acceptors (Lipinski definition) is 3. The average molecular weight is 443 g/mol. The van der Waals surface area contributed by atoms with Crippen LogP contribution in [0.25, 0.3) is 0 Å². The van der Waals surface area contributed by atoms with Gasteiger partial charge in [-0.25, -0.2) is 0 Å². The SMILES string of the molecule is COCCCCCCC[C@H]1[C@@H](CC=C(C)C)[C@H](O[Si](C)(C)C)C[C@@H]1O[Si](C)(C)C. The lowest BCUT2D eigenvalue weighted by Crippen LogP contribution is -2.35. The van der Waals surface area contributed by atoms with E-state index in [0.29, 0.717) is 24.0 Å². The van der Waals surface area contributed by atoms with Crippen LogP contribution in [0.4, 0.5) is 0 Å². The monoisotopic (exact) mass is 442 g/mol. The number of unbranched alkanes of at least 4 members (excludes halogenated alkanes) is 4. The molecule has 0 N–H and O–H groups in total. The number of ether oxygens (including phenoxy) is 1. The minimum absolute atomic E-state index is 0.366. The van der Waals surface area contributed by atoms with Crippen molar-refractivity contribution in [3.8, 4) is 0 Å². The first-order valence-corrected chi connectivity index (χ1v) is 18.7. The van der Waals surface area contributed by atoms with E-state index in [2.05, 4.69) is 59.2 Å². The Balaban J connectivity index is 2.82. The molecule has 29 heavy (non-hydrogen) atoms. The van der Waals surface area contributed by atoms with Gasteiger partial charge in [-0.3, -0.25) is 0 Å². The molecule has 1 fully saturated rings. The molecule has 0 aromatic rings. The Morgan fingerprint density at radius 2 is 1.31 bits per heavy atom. The Hall–Kier alpha value is 0.0538.